The number of amides is 1. The van der Waals surface area contributed by atoms with Crippen molar-refractivity contribution in [3.05, 3.63) is 65.7 Å². The summed E-state index contributed by atoms with van der Waals surface area (Å²) >= 11 is 0. The predicted octanol–water partition coefficient (Wildman–Crippen LogP) is 3.07. The molecule has 1 aliphatic rings. The minimum Gasteiger partial charge on any atom is -0.492 e. The Morgan fingerprint density at radius 3 is 2.22 bits per heavy atom. The van der Waals surface area contributed by atoms with Gasteiger partial charge in [0.05, 0.1) is 6.42 Å². The third-order valence-corrected chi connectivity index (χ3v) is 5.25. The number of aliphatic carboxylic acids is 1. The number of hydrogen-bond acceptors (Lipinski definition) is 6. The number of carboxylic acids is 1. The topological polar surface area (TPSA) is 96.4 Å². The van der Waals surface area contributed by atoms with Gasteiger partial charge in [-0.15, -0.1) is 0 Å². The fourth-order valence-electron chi connectivity index (χ4n) is 3.36. The van der Waals surface area contributed by atoms with Gasteiger partial charge in [0.15, 0.2) is 5.78 Å². The fraction of sp³-hybridized carbons (Fsp3) is 0.375. The first kappa shape index (κ1) is 23.3. The summed E-state index contributed by atoms with van der Waals surface area (Å²) in [5.41, 5.74) is 1.45. The highest BCUT2D eigenvalue weighted by molar-refractivity contribution is 5.97. The van der Waals surface area contributed by atoms with E-state index in [9.17, 15) is 14.4 Å². The molecule has 0 atom stereocenters. The number of ether oxygens (including phenoxy) is 2. The Kier molecular flexibility index (Phi) is 8.62. The van der Waals surface area contributed by atoms with Crippen molar-refractivity contribution in [2.45, 2.75) is 19.4 Å². The van der Waals surface area contributed by atoms with Crippen molar-refractivity contribution in [3.8, 4) is 5.75 Å². The molecule has 0 bridgehead atoms. The van der Waals surface area contributed by atoms with E-state index in [1.807, 2.05) is 30.3 Å². The van der Waals surface area contributed by atoms with Crippen LogP contribution in [0.4, 0.5) is 4.79 Å². The van der Waals surface area contributed by atoms with Crippen molar-refractivity contribution in [1.29, 1.82) is 0 Å². The van der Waals surface area contributed by atoms with Crippen LogP contribution in [0.25, 0.3) is 0 Å². The molecular formula is C24H28N2O6. The molecule has 0 saturated carbocycles. The van der Waals surface area contributed by atoms with Crippen LogP contribution in [0.1, 0.15) is 28.8 Å². The van der Waals surface area contributed by atoms with Crippen molar-refractivity contribution in [2.75, 3.05) is 39.3 Å². The van der Waals surface area contributed by atoms with Gasteiger partial charge in [-0.2, -0.15) is 0 Å². The lowest BCUT2D eigenvalue weighted by molar-refractivity contribution is -0.136. The molecule has 0 aliphatic carbocycles. The smallest absolute Gasteiger partial charge is 0.410 e. The van der Waals surface area contributed by atoms with E-state index in [2.05, 4.69) is 4.90 Å². The molecule has 0 radical (unpaired) electrons. The largest absolute Gasteiger partial charge is 0.492 e. The number of ketones is 1. The molecule has 2 aromatic carbocycles. The van der Waals surface area contributed by atoms with Gasteiger partial charge >= 0.3 is 12.1 Å². The molecule has 0 aromatic heterocycles. The van der Waals surface area contributed by atoms with Gasteiger partial charge in [-0.05, 0) is 29.8 Å². The first-order chi connectivity index (χ1) is 15.5. The summed E-state index contributed by atoms with van der Waals surface area (Å²) in [7, 11) is 0. The highest BCUT2D eigenvalue weighted by Gasteiger charge is 2.22. The molecule has 1 saturated heterocycles. The summed E-state index contributed by atoms with van der Waals surface area (Å²) < 4.78 is 11.1. The van der Waals surface area contributed by atoms with Crippen molar-refractivity contribution in [1.82, 2.24) is 9.80 Å². The van der Waals surface area contributed by atoms with Crippen molar-refractivity contribution in [3.63, 3.8) is 0 Å². The van der Waals surface area contributed by atoms with Gasteiger partial charge in [-0.1, -0.05) is 30.3 Å². The monoisotopic (exact) mass is 440 g/mol. The van der Waals surface area contributed by atoms with Crippen LogP contribution in [0.3, 0.4) is 0 Å². The number of carboxylic acid groups (broad SMARTS) is 1. The van der Waals surface area contributed by atoms with E-state index >= 15 is 0 Å². The summed E-state index contributed by atoms with van der Waals surface area (Å²) in [6.07, 6.45) is -0.473. The van der Waals surface area contributed by atoms with Gasteiger partial charge in [-0.3, -0.25) is 14.5 Å². The molecule has 8 heteroatoms. The number of benzene rings is 2. The van der Waals surface area contributed by atoms with Crippen molar-refractivity contribution >= 4 is 17.8 Å². The maximum absolute atomic E-state index is 12.2. The van der Waals surface area contributed by atoms with E-state index < -0.39 is 5.97 Å². The summed E-state index contributed by atoms with van der Waals surface area (Å²) in [5, 5.41) is 8.66. The Hall–Kier alpha value is -3.39. The van der Waals surface area contributed by atoms with Crippen LogP contribution in [0.2, 0.25) is 0 Å². The van der Waals surface area contributed by atoms with E-state index in [0.717, 1.165) is 25.2 Å². The highest BCUT2D eigenvalue weighted by Crippen LogP contribution is 2.14. The highest BCUT2D eigenvalue weighted by atomic mass is 16.6. The summed E-state index contributed by atoms with van der Waals surface area (Å²) in [6, 6.07) is 16.4. The van der Waals surface area contributed by atoms with Gasteiger partial charge in [0.1, 0.15) is 19.0 Å². The molecule has 32 heavy (non-hydrogen) atoms. The second kappa shape index (κ2) is 11.9. The molecule has 1 heterocycles. The average Bonchev–Trinajstić information content (AvgIpc) is 2.82. The van der Waals surface area contributed by atoms with E-state index in [1.54, 1.807) is 29.2 Å². The predicted molar refractivity (Wildman–Crippen MR) is 118 cm³/mol. The number of nitrogens with zero attached hydrogens (tertiary/aromatic N) is 2. The number of piperazine rings is 1. The maximum Gasteiger partial charge on any atom is 0.410 e. The van der Waals surface area contributed by atoms with E-state index in [0.29, 0.717) is 31.0 Å². The normalized spacial score (nSPS) is 14.1. The van der Waals surface area contributed by atoms with Crippen LogP contribution in [-0.4, -0.2) is 72.1 Å². The Balaban J connectivity index is 1.32. The molecule has 3 rings (SSSR count). The standard InChI is InChI=1S/C24H28N2O6/c27-22(10-11-23(28)29)20-6-8-21(9-7-20)31-17-16-25-12-14-26(15-13-25)24(30)32-18-19-4-2-1-3-5-19/h1-9H,10-18H2,(H,28,29). The third-order valence-electron chi connectivity index (χ3n) is 5.25. The van der Waals surface area contributed by atoms with Crippen LogP contribution in [0.15, 0.2) is 54.6 Å². The minimum atomic E-state index is -0.983. The van der Waals surface area contributed by atoms with Gasteiger partial charge in [-0.25, -0.2) is 4.79 Å². The molecule has 0 unspecified atom stereocenters. The minimum absolute atomic E-state index is 0.0126. The van der Waals surface area contributed by atoms with Crippen molar-refractivity contribution < 1.29 is 29.0 Å². The summed E-state index contributed by atoms with van der Waals surface area (Å²) in [4.78, 5) is 38.7. The van der Waals surface area contributed by atoms with Crippen LogP contribution >= 0.6 is 0 Å². The molecule has 8 nitrogen and oxygen atoms in total. The third kappa shape index (κ3) is 7.39. The van der Waals surface area contributed by atoms with E-state index in [1.165, 1.54) is 0 Å². The lowest BCUT2D eigenvalue weighted by atomic mass is 10.1. The SMILES string of the molecule is O=C(O)CCC(=O)c1ccc(OCCN2CCN(C(=O)OCc3ccccc3)CC2)cc1. The van der Waals surface area contributed by atoms with Crippen molar-refractivity contribution in [2.24, 2.45) is 0 Å². The molecule has 1 aliphatic heterocycles. The molecule has 2 aromatic rings. The molecule has 1 fully saturated rings. The Bertz CT molecular complexity index is 892. The Morgan fingerprint density at radius 1 is 0.875 bits per heavy atom. The zero-order valence-electron chi connectivity index (χ0n) is 17.9. The zero-order valence-corrected chi connectivity index (χ0v) is 17.9. The molecule has 1 amide bonds. The van der Waals surface area contributed by atoms with Gasteiger partial charge < -0.3 is 19.5 Å². The van der Waals surface area contributed by atoms with Gasteiger partial charge in [0, 0.05) is 44.7 Å². The number of carbonyl (C=O) groups excluding carboxylic acids is 2. The number of hydrogen-bond donors (Lipinski definition) is 1. The lowest BCUT2D eigenvalue weighted by Crippen LogP contribution is -2.49. The first-order valence-corrected chi connectivity index (χ1v) is 10.7. The van der Waals surface area contributed by atoms with Crippen LogP contribution in [0, 0.1) is 0 Å². The van der Waals surface area contributed by atoms with E-state index in [4.69, 9.17) is 14.6 Å². The quantitative estimate of drug-likeness (QED) is 0.567. The molecule has 0 spiro atoms. The first-order valence-electron chi connectivity index (χ1n) is 10.7. The molecule has 170 valence electrons. The van der Waals surface area contributed by atoms with Crippen LogP contribution in [-0.2, 0) is 16.1 Å². The number of Topliss-reactive ketones (excluding diaryl/α,β-unsaturated/α-hetero) is 1. The second-order valence-corrected chi connectivity index (χ2v) is 7.56. The van der Waals surface area contributed by atoms with Crippen LogP contribution < -0.4 is 4.74 Å². The molecule has 1 N–H and O–H groups in total. The second-order valence-electron chi connectivity index (χ2n) is 7.56. The lowest BCUT2D eigenvalue weighted by Gasteiger charge is -2.33. The molecular weight excluding hydrogens is 412 g/mol. The van der Waals surface area contributed by atoms with Gasteiger partial charge in [0.2, 0.25) is 0 Å². The average molecular weight is 440 g/mol. The number of carbonyl (C=O) groups is 3. The Labute approximate surface area is 187 Å². The maximum atomic E-state index is 12.2. The van der Waals surface area contributed by atoms with E-state index in [-0.39, 0.29) is 31.3 Å². The fourth-order valence-corrected chi connectivity index (χ4v) is 3.36. The summed E-state index contributed by atoms with van der Waals surface area (Å²) in [5.74, 6) is -0.523. The van der Waals surface area contributed by atoms with Gasteiger partial charge in [0.25, 0.3) is 0 Å². The zero-order chi connectivity index (χ0) is 22.8. The summed E-state index contributed by atoms with van der Waals surface area (Å²) in [6.45, 7) is 4.22. The van der Waals surface area contributed by atoms with Crippen LogP contribution in [0.5, 0.6) is 5.75 Å². The Morgan fingerprint density at radius 2 is 1.56 bits per heavy atom. The number of rotatable bonds is 10.